The topological polar surface area (TPSA) is 0 Å². The lowest BCUT2D eigenvalue weighted by atomic mass is 9.52. The summed E-state index contributed by atoms with van der Waals surface area (Å²) in [4.78, 5) is 0. The molecule has 0 bridgehead atoms. The highest BCUT2D eigenvalue weighted by Crippen LogP contribution is 2.67. The minimum atomic E-state index is -0.500. The first kappa shape index (κ1) is 29.8. The first-order valence-corrected chi connectivity index (χ1v) is 19.0. The van der Waals surface area contributed by atoms with E-state index in [2.05, 4.69) is 206 Å². The summed E-state index contributed by atoms with van der Waals surface area (Å²) in [7, 11) is 0. The maximum absolute atomic E-state index is 2.55. The summed E-state index contributed by atoms with van der Waals surface area (Å²) in [5.74, 6) is 0. The lowest BCUT2D eigenvalue weighted by Crippen LogP contribution is -2.43. The Hall–Kier alpha value is -6.76. The van der Waals surface area contributed by atoms with Crippen LogP contribution in [0.5, 0.6) is 0 Å². The summed E-state index contributed by atoms with van der Waals surface area (Å²) in [5, 5.41) is 2.54. The Morgan fingerprint density at radius 2 is 0.611 bits per heavy atom. The van der Waals surface area contributed by atoms with Crippen LogP contribution < -0.4 is 0 Å². The zero-order valence-electron chi connectivity index (χ0n) is 29.6. The largest absolute Gasteiger partial charge is 0.0720 e. The molecule has 0 heterocycles. The van der Waals surface area contributed by atoms with Gasteiger partial charge in [-0.15, -0.1) is 0 Å². The monoisotopic (exact) mass is 682 g/mol. The average molecular weight is 683 g/mol. The minimum Gasteiger partial charge on any atom is -0.0619 e. The molecule has 9 aromatic carbocycles. The molecule has 54 heavy (non-hydrogen) atoms. The molecular formula is C54H34. The fraction of sp³-hybridized carbons (Fsp3) is 0.0370. The molecule has 0 unspecified atom stereocenters. The van der Waals surface area contributed by atoms with Gasteiger partial charge in [0.15, 0.2) is 0 Å². The Morgan fingerprint density at radius 1 is 0.222 bits per heavy atom. The fourth-order valence-electron chi connectivity index (χ4n) is 10.8. The van der Waals surface area contributed by atoms with Crippen molar-refractivity contribution in [2.45, 2.75) is 10.8 Å². The van der Waals surface area contributed by atoms with Crippen LogP contribution in [0.25, 0.3) is 55.3 Å². The maximum Gasteiger partial charge on any atom is 0.0720 e. The van der Waals surface area contributed by atoms with Gasteiger partial charge in [-0.3, -0.25) is 0 Å². The Labute approximate surface area is 315 Å². The molecule has 250 valence electrons. The van der Waals surface area contributed by atoms with Crippen molar-refractivity contribution in [3.8, 4) is 44.5 Å². The van der Waals surface area contributed by atoms with Gasteiger partial charge in [-0.25, -0.2) is 0 Å². The zero-order valence-corrected chi connectivity index (χ0v) is 29.6. The van der Waals surface area contributed by atoms with Gasteiger partial charge in [0.2, 0.25) is 0 Å². The van der Waals surface area contributed by atoms with Gasteiger partial charge >= 0.3 is 0 Å². The normalized spacial score (nSPS) is 14.6. The van der Waals surface area contributed by atoms with Crippen LogP contribution in [0.3, 0.4) is 0 Å². The highest BCUT2D eigenvalue weighted by atomic mass is 14.6. The Kier molecular flexibility index (Phi) is 6.00. The summed E-state index contributed by atoms with van der Waals surface area (Å²) in [5.41, 5.74) is 20.1. The average Bonchev–Trinajstić information content (AvgIpc) is 3.71. The summed E-state index contributed by atoms with van der Waals surface area (Å²) in [6.07, 6.45) is 0. The van der Waals surface area contributed by atoms with Crippen molar-refractivity contribution in [2.75, 3.05) is 0 Å². The maximum atomic E-state index is 2.55. The van der Waals surface area contributed by atoms with Crippen molar-refractivity contribution in [3.63, 3.8) is 0 Å². The van der Waals surface area contributed by atoms with Crippen LogP contribution in [0.4, 0.5) is 0 Å². The van der Waals surface area contributed by atoms with E-state index in [1.165, 1.54) is 99.8 Å². The molecule has 0 N–H and O–H groups in total. The SMILES string of the molecule is c1cc(-c2ccc3c(c2)C2(c4ccccc4-c4ccccc42)c2ccccc2C32c3ccccc3-c3ccccc32)cc(-c2cccc3ccccc23)c1. The summed E-state index contributed by atoms with van der Waals surface area (Å²) in [6.45, 7) is 0. The molecule has 0 amide bonds. The quantitative estimate of drug-likeness (QED) is 0.170. The third kappa shape index (κ3) is 3.63. The third-order valence-corrected chi connectivity index (χ3v) is 12.8. The van der Waals surface area contributed by atoms with Gasteiger partial charge in [-0.2, -0.15) is 0 Å². The molecule has 0 aliphatic heterocycles. The van der Waals surface area contributed by atoms with Crippen molar-refractivity contribution in [3.05, 3.63) is 251 Å². The molecule has 0 aromatic heterocycles. The summed E-state index contributed by atoms with van der Waals surface area (Å²) < 4.78 is 0. The lowest BCUT2D eigenvalue weighted by Gasteiger charge is -2.49. The highest BCUT2D eigenvalue weighted by molar-refractivity contribution is 5.98. The Bertz CT molecular complexity index is 2920. The minimum absolute atomic E-state index is 0.472. The molecule has 3 aliphatic carbocycles. The van der Waals surface area contributed by atoms with Gasteiger partial charge in [0, 0.05) is 0 Å². The number of hydrogen-bond donors (Lipinski definition) is 0. The molecule has 3 aliphatic rings. The van der Waals surface area contributed by atoms with E-state index in [-0.39, 0.29) is 0 Å². The zero-order chi connectivity index (χ0) is 35.4. The molecule has 12 rings (SSSR count). The van der Waals surface area contributed by atoms with Crippen molar-refractivity contribution in [2.24, 2.45) is 0 Å². The number of fused-ring (bicyclic) bond motifs is 17. The van der Waals surface area contributed by atoms with E-state index in [4.69, 9.17) is 0 Å². The van der Waals surface area contributed by atoms with Crippen LogP contribution in [-0.2, 0) is 10.8 Å². The second-order valence-corrected chi connectivity index (χ2v) is 15.1. The van der Waals surface area contributed by atoms with Gasteiger partial charge in [-0.05, 0) is 112 Å². The van der Waals surface area contributed by atoms with Gasteiger partial charge in [0.05, 0.1) is 10.8 Å². The first-order valence-electron chi connectivity index (χ1n) is 19.0. The molecule has 0 saturated heterocycles. The van der Waals surface area contributed by atoms with E-state index in [0.29, 0.717) is 0 Å². The molecule has 9 aromatic rings. The highest BCUT2D eigenvalue weighted by Gasteiger charge is 2.58. The van der Waals surface area contributed by atoms with Crippen LogP contribution in [0.1, 0.15) is 44.5 Å². The molecular weight excluding hydrogens is 649 g/mol. The van der Waals surface area contributed by atoms with E-state index >= 15 is 0 Å². The molecule has 0 heteroatoms. The van der Waals surface area contributed by atoms with Gasteiger partial charge in [0.1, 0.15) is 0 Å². The van der Waals surface area contributed by atoms with Crippen molar-refractivity contribution < 1.29 is 0 Å². The number of benzene rings is 9. The molecule has 0 atom stereocenters. The van der Waals surface area contributed by atoms with Crippen LogP contribution in [-0.4, -0.2) is 0 Å². The number of hydrogen-bond acceptors (Lipinski definition) is 0. The second-order valence-electron chi connectivity index (χ2n) is 15.1. The van der Waals surface area contributed by atoms with Crippen LogP contribution in [0.15, 0.2) is 206 Å². The molecule has 2 spiro atoms. The van der Waals surface area contributed by atoms with E-state index in [1.54, 1.807) is 0 Å². The van der Waals surface area contributed by atoms with Crippen molar-refractivity contribution in [1.82, 2.24) is 0 Å². The predicted octanol–water partition coefficient (Wildman–Crippen LogP) is 13.2. The van der Waals surface area contributed by atoms with Crippen LogP contribution in [0.2, 0.25) is 0 Å². The molecule has 0 saturated carbocycles. The number of rotatable bonds is 2. The Morgan fingerprint density at radius 3 is 1.20 bits per heavy atom. The van der Waals surface area contributed by atoms with Gasteiger partial charge in [-0.1, -0.05) is 194 Å². The van der Waals surface area contributed by atoms with Crippen LogP contribution >= 0.6 is 0 Å². The molecule has 0 nitrogen and oxygen atoms in total. The Balaban J connectivity index is 1.21. The van der Waals surface area contributed by atoms with E-state index in [0.717, 1.165) is 0 Å². The van der Waals surface area contributed by atoms with E-state index < -0.39 is 10.8 Å². The molecule has 0 fully saturated rings. The third-order valence-electron chi connectivity index (χ3n) is 12.8. The predicted molar refractivity (Wildman–Crippen MR) is 223 cm³/mol. The standard InChI is InChI=1S/C54H34/c1-2-19-39-35(15-1)16-14-24-40(39)38-18-13-17-36(33-38)37-31-32-51-52(34-37)54(47-27-9-5-22-43(47)44-23-6-10-28-48(44)54)50-30-12-11-29-49(50)53(51)45-25-7-3-20-41(45)42-21-4-8-26-46(42)53/h1-34H. The first-order chi connectivity index (χ1) is 26.8. The summed E-state index contributed by atoms with van der Waals surface area (Å²) in [6, 6.07) is 77.8. The van der Waals surface area contributed by atoms with Crippen LogP contribution in [0, 0.1) is 0 Å². The van der Waals surface area contributed by atoms with Gasteiger partial charge < -0.3 is 0 Å². The fourth-order valence-corrected chi connectivity index (χ4v) is 10.8. The van der Waals surface area contributed by atoms with Crippen molar-refractivity contribution in [1.29, 1.82) is 0 Å². The second kappa shape index (κ2) is 10.9. The van der Waals surface area contributed by atoms with Gasteiger partial charge in [0.25, 0.3) is 0 Å². The summed E-state index contributed by atoms with van der Waals surface area (Å²) >= 11 is 0. The smallest absolute Gasteiger partial charge is 0.0619 e. The lowest BCUT2D eigenvalue weighted by molar-refractivity contribution is 0.633. The van der Waals surface area contributed by atoms with E-state index in [9.17, 15) is 0 Å². The van der Waals surface area contributed by atoms with E-state index in [1.807, 2.05) is 0 Å². The van der Waals surface area contributed by atoms with Crippen molar-refractivity contribution >= 4 is 10.8 Å². The molecule has 0 radical (unpaired) electrons.